The van der Waals surface area contributed by atoms with Gasteiger partial charge in [0.1, 0.15) is 5.75 Å². The Bertz CT molecular complexity index is 369. The lowest BCUT2D eigenvalue weighted by Crippen LogP contribution is -2.22. The summed E-state index contributed by atoms with van der Waals surface area (Å²) >= 11 is 0. The van der Waals surface area contributed by atoms with Crippen LogP contribution in [0, 0.1) is 5.92 Å². The van der Waals surface area contributed by atoms with Crippen molar-refractivity contribution >= 4 is 0 Å². The van der Waals surface area contributed by atoms with Crippen molar-refractivity contribution in [2.75, 3.05) is 6.61 Å². The summed E-state index contributed by atoms with van der Waals surface area (Å²) in [6, 6.07) is 8.91. The first-order valence-electron chi connectivity index (χ1n) is 7.70. The average molecular weight is 261 g/mol. The summed E-state index contributed by atoms with van der Waals surface area (Å²) < 4.78 is 6.07. The Balaban J connectivity index is 1.87. The molecule has 2 rings (SSSR count). The van der Waals surface area contributed by atoms with E-state index in [9.17, 15) is 0 Å². The molecule has 0 unspecified atom stereocenters. The van der Waals surface area contributed by atoms with Crippen LogP contribution >= 0.6 is 0 Å². The molecule has 0 atom stereocenters. The second kappa shape index (κ2) is 7.54. The third kappa shape index (κ3) is 4.87. The molecule has 0 heterocycles. The van der Waals surface area contributed by atoms with Crippen LogP contribution in [-0.2, 0) is 6.54 Å². The zero-order chi connectivity index (χ0) is 13.5. The SMILES string of the molecule is CC(C)NCc1ccccc1OCC1CCCCC1. The standard InChI is InChI=1S/C17H27NO/c1-14(2)18-12-16-10-6-7-11-17(16)19-13-15-8-4-3-5-9-15/h6-7,10-11,14-15,18H,3-5,8-9,12-13H2,1-2H3. The van der Waals surface area contributed by atoms with Crippen LogP contribution in [-0.4, -0.2) is 12.6 Å². The van der Waals surface area contributed by atoms with E-state index in [2.05, 4.69) is 43.4 Å². The van der Waals surface area contributed by atoms with Gasteiger partial charge >= 0.3 is 0 Å². The number of hydrogen-bond acceptors (Lipinski definition) is 2. The maximum atomic E-state index is 6.07. The molecule has 0 saturated heterocycles. The van der Waals surface area contributed by atoms with Crippen molar-refractivity contribution < 1.29 is 4.74 Å². The number of nitrogens with one attached hydrogen (secondary N) is 1. The van der Waals surface area contributed by atoms with Crippen molar-refractivity contribution in [3.8, 4) is 5.75 Å². The fourth-order valence-electron chi connectivity index (χ4n) is 2.67. The highest BCUT2D eigenvalue weighted by Gasteiger charge is 2.14. The Hall–Kier alpha value is -1.02. The van der Waals surface area contributed by atoms with Crippen molar-refractivity contribution in [3.63, 3.8) is 0 Å². The van der Waals surface area contributed by atoms with Crippen molar-refractivity contribution in [2.45, 2.75) is 58.5 Å². The van der Waals surface area contributed by atoms with Crippen molar-refractivity contribution in [2.24, 2.45) is 5.92 Å². The van der Waals surface area contributed by atoms with E-state index in [1.807, 2.05) is 0 Å². The van der Waals surface area contributed by atoms with E-state index in [0.717, 1.165) is 24.8 Å². The minimum absolute atomic E-state index is 0.506. The predicted octanol–water partition coefficient (Wildman–Crippen LogP) is 4.14. The molecule has 1 aromatic rings. The normalized spacial score (nSPS) is 16.8. The van der Waals surface area contributed by atoms with Gasteiger partial charge in [0.15, 0.2) is 0 Å². The van der Waals surface area contributed by atoms with Crippen LogP contribution in [0.15, 0.2) is 24.3 Å². The van der Waals surface area contributed by atoms with Crippen LogP contribution in [0.25, 0.3) is 0 Å². The van der Waals surface area contributed by atoms with Gasteiger partial charge in [-0.1, -0.05) is 51.3 Å². The van der Waals surface area contributed by atoms with Crippen LogP contribution in [0.3, 0.4) is 0 Å². The number of benzene rings is 1. The first-order valence-corrected chi connectivity index (χ1v) is 7.70. The van der Waals surface area contributed by atoms with Gasteiger partial charge in [-0.05, 0) is 24.8 Å². The van der Waals surface area contributed by atoms with Crippen molar-refractivity contribution in [3.05, 3.63) is 29.8 Å². The van der Waals surface area contributed by atoms with Gasteiger partial charge in [0.25, 0.3) is 0 Å². The second-order valence-corrected chi connectivity index (χ2v) is 5.96. The van der Waals surface area contributed by atoms with Crippen LogP contribution in [0.2, 0.25) is 0 Å². The highest BCUT2D eigenvalue weighted by molar-refractivity contribution is 5.33. The first-order chi connectivity index (χ1) is 9.25. The summed E-state index contributed by atoms with van der Waals surface area (Å²) in [5.41, 5.74) is 1.27. The quantitative estimate of drug-likeness (QED) is 0.831. The summed E-state index contributed by atoms with van der Waals surface area (Å²) in [5.74, 6) is 1.82. The average Bonchev–Trinajstić information content (AvgIpc) is 2.45. The highest BCUT2D eigenvalue weighted by Crippen LogP contribution is 2.25. The van der Waals surface area contributed by atoms with E-state index in [1.165, 1.54) is 37.7 Å². The molecule has 0 radical (unpaired) electrons. The smallest absolute Gasteiger partial charge is 0.123 e. The topological polar surface area (TPSA) is 21.3 Å². The summed E-state index contributed by atoms with van der Waals surface area (Å²) in [4.78, 5) is 0. The van der Waals surface area contributed by atoms with Gasteiger partial charge in [-0.3, -0.25) is 0 Å². The minimum Gasteiger partial charge on any atom is -0.493 e. The lowest BCUT2D eigenvalue weighted by atomic mass is 9.90. The van der Waals surface area contributed by atoms with Gasteiger partial charge in [0, 0.05) is 18.2 Å². The van der Waals surface area contributed by atoms with E-state index in [0.29, 0.717) is 6.04 Å². The molecular formula is C17H27NO. The van der Waals surface area contributed by atoms with Gasteiger partial charge in [-0.2, -0.15) is 0 Å². The van der Waals surface area contributed by atoms with Crippen LogP contribution in [0.4, 0.5) is 0 Å². The van der Waals surface area contributed by atoms with Crippen LogP contribution in [0.1, 0.15) is 51.5 Å². The largest absolute Gasteiger partial charge is 0.493 e. The first kappa shape index (κ1) is 14.4. The predicted molar refractivity (Wildman–Crippen MR) is 80.5 cm³/mol. The molecule has 0 aliphatic heterocycles. The molecule has 19 heavy (non-hydrogen) atoms. The monoisotopic (exact) mass is 261 g/mol. The van der Waals surface area contributed by atoms with E-state index in [1.54, 1.807) is 0 Å². The molecule has 1 N–H and O–H groups in total. The van der Waals surface area contributed by atoms with Gasteiger partial charge in [-0.25, -0.2) is 0 Å². The number of ether oxygens (including phenoxy) is 1. The molecule has 106 valence electrons. The molecule has 0 spiro atoms. The number of para-hydroxylation sites is 1. The van der Waals surface area contributed by atoms with Gasteiger partial charge < -0.3 is 10.1 Å². The van der Waals surface area contributed by atoms with E-state index in [4.69, 9.17) is 4.74 Å². The molecule has 2 heteroatoms. The number of rotatable bonds is 6. The Kier molecular flexibility index (Phi) is 5.71. The molecule has 0 bridgehead atoms. The Morgan fingerprint density at radius 1 is 1.16 bits per heavy atom. The molecule has 1 fully saturated rings. The maximum Gasteiger partial charge on any atom is 0.123 e. The molecule has 1 aliphatic rings. The molecular weight excluding hydrogens is 234 g/mol. The van der Waals surface area contributed by atoms with E-state index < -0.39 is 0 Å². The van der Waals surface area contributed by atoms with Crippen molar-refractivity contribution in [1.82, 2.24) is 5.32 Å². The van der Waals surface area contributed by atoms with Gasteiger partial charge in [0.05, 0.1) is 6.61 Å². The summed E-state index contributed by atoms with van der Waals surface area (Å²) in [6.07, 6.45) is 6.85. The third-order valence-electron chi connectivity index (χ3n) is 3.87. The Labute approximate surface area is 117 Å². The third-order valence-corrected chi connectivity index (χ3v) is 3.87. The van der Waals surface area contributed by atoms with Gasteiger partial charge in [-0.15, -0.1) is 0 Å². The molecule has 1 aromatic carbocycles. The fraction of sp³-hybridized carbons (Fsp3) is 0.647. The van der Waals surface area contributed by atoms with Crippen molar-refractivity contribution in [1.29, 1.82) is 0 Å². The molecule has 0 aromatic heterocycles. The highest BCUT2D eigenvalue weighted by atomic mass is 16.5. The lowest BCUT2D eigenvalue weighted by molar-refractivity contribution is 0.207. The minimum atomic E-state index is 0.506. The zero-order valence-electron chi connectivity index (χ0n) is 12.3. The lowest BCUT2D eigenvalue weighted by Gasteiger charge is -2.22. The molecule has 1 saturated carbocycles. The zero-order valence-corrected chi connectivity index (χ0v) is 12.3. The molecule has 2 nitrogen and oxygen atoms in total. The summed E-state index contributed by atoms with van der Waals surface area (Å²) in [7, 11) is 0. The maximum absolute atomic E-state index is 6.07. The Morgan fingerprint density at radius 2 is 1.89 bits per heavy atom. The van der Waals surface area contributed by atoms with E-state index in [-0.39, 0.29) is 0 Å². The summed E-state index contributed by atoms with van der Waals surface area (Å²) in [6.45, 7) is 6.12. The fourth-order valence-corrected chi connectivity index (χ4v) is 2.67. The van der Waals surface area contributed by atoms with Gasteiger partial charge in [0.2, 0.25) is 0 Å². The van der Waals surface area contributed by atoms with E-state index >= 15 is 0 Å². The number of hydrogen-bond donors (Lipinski definition) is 1. The Morgan fingerprint density at radius 3 is 2.63 bits per heavy atom. The molecule has 1 aliphatic carbocycles. The summed E-state index contributed by atoms with van der Waals surface area (Å²) in [5, 5.41) is 3.46. The second-order valence-electron chi connectivity index (χ2n) is 5.96. The molecule has 0 amide bonds. The van der Waals surface area contributed by atoms with Crippen LogP contribution in [0.5, 0.6) is 5.75 Å². The van der Waals surface area contributed by atoms with Crippen LogP contribution < -0.4 is 10.1 Å².